The number of hydrogen-bond donors (Lipinski definition) is 2. The fraction of sp³-hybridized carbons (Fsp3) is 0.556. The van der Waals surface area contributed by atoms with Gasteiger partial charge in [-0.25, -0.2) is 9.18 Å². The summed E-state index contributed by atoms with van der Waals surface area (Å²) in [6.45, 7) is 1.80. The number of rotatable bonds is 4. The van der Waals surface area contributed by atoms with Crippen molar-refractivity contribution in [3.8, 4) is 5.75 Å². The number of aromatic nitrogens is 2. The van der Waals surface area contributed by atoms with E-state index in [1.165, 1.54) is 17.7 Å². The summed E-state index contributed by atoms with van der Waals surface area (Å²) < 4.78 is 22.7. The van der Waals surface area contributed by atoms with Gasteiger partial charge in [0.25, 0.3) is 5.56 Å². The van der Waals surface area contributed by atoms with Gasteiger partial charge in [-0.3, -0.25) is 9.36 Å². The maximum absolute atomic E-state index is 15.1. The van der Waals surface area contributed by atoms with Crippen LogP contribution in [0.3, 0.4) is 0 Å². The van der Waals surface area contributed by atoms with E-state index in [9.17, 15) is 9.59 Å². The highest BCUT2D eigenvalue weighted by atomic mass is 19.1. The lowest BCUT2D eigenvalue weighted by Crippen LogP contribution is -2.45. The zero-order chi connectivity index (χ0) is 19.3. The summed E-state index contributed by atoms with van der Waals surface area (Å²) in [7, 11) is 1.43. The number of anilines is 1. The maximum Gasteiger partial charge on any atom is 0.350 e. The highest BCUT2D eigenvalue weighted by Gasteiger charge is 2.33. The molecule has 1 saturated heterocycles. The Morgan fingerprint density at radius 2 is 2.04 bits per heavy atom. The molecule has 1 aromatic heterocycles. The molecule has 8 nitrogen and oxygen atoms in total. The average Bonchev–Trinajstić information content (AvgIpc) is 3.51. The second-order valence-corrected chi connectivity index (χ2v) is 7.39. The Morgan fingerprint density at radius 1 is 1.30 bits per heavy atom. The molecule has 0 bridgehead atoms. The van der Waals surface area contributed by atoms with Gasteiger partial charge in [0.15, 0.2) is 11.6 Å². The van der Waals surface area contributed by atoms with Gasteiger partial charge in [-0.15, -0.1) is 0 Å². The number of nitrogens with two attached hydrogens (primary N) is 2. The summed E-state index contributed by atoms with van der Waals surface area (Å²) in [5.41, 5.74) is 5.09. The highest BCUT2D eigenvalue weighted by Crippen LogP contribution is 2.43. The quantitative estimate of drug-likeness (QED) is 0.753. The van der Waals surface area contributed by atoms with Crippen LogP contribution >= 0.6 is 0 Å². The van der Waals surface area contributed by atoms with E-state index in [-0.39, 0.29) is 28.8 Å². The van der Waals surface area contributed by atoms with Crippen molar-refractivity contribution in [3.63, 3.8) is 0 Å². The Hall–Kier alpha value is -2.55. The van der Waals surface area contributed by atoms with E-state index in [1.807, 2.05) is 4.90 Å². The van der Waals surface area contributed by atoms with Gasteiger partial charge < -0.3 is 21.2 Å². The zero-order valence-corrected chi connectivity index (χ0v) is 15.3. The minimum atomic E-state index is -0.728. The number of nitrogen functional groups attached to an aromatic ring is 1. The first-order valence-corrected chi connectivity index (χ1v) is 9.25. The summed E-state index contributed by atoms with van der Waals surface area (Å²) in [6, 6.07) is 1.12. The van der Waals surface area contributed by atoms with Crippen LogP contribution in [0.15, 0.2) is 15.7 Å². The molecule has 0 radical (unpaired) electrons. The number of halogens is 1. The molecular formula is C18H24FN5O3. The van der Waals surface area contributed by atoms with E-state index in [0.717, 1.165) is 25.7 Å². The van der Waals surface area contributed by atoms with Crippen LogP contribution < -0.4 is 32.5 Å². The van der Waals surface area contributed by atoms with E-state index < -0.39 is 17.1 Å². The number of fused-ring (bicyclic) bond motifs is 1. The third-order valence-electron chi connectivity index (χ3n) is 5.57. The first kappa shape index (κ1) is 17.8. The summed E-state index contributed by atoms with van der Waals surface area (Å²) in [5.74, 6) is 5.57. The molecule has 146 valence electrons. The van der Waals surface area contributed by atoms with Gasteiger partial charge in [-0.1, -0.05) is 0 Å². The van der Waals surface area contributed by atoms with Crippen molar-refractivity contribution in [2.45, 2.75) is 31.7 Å². The number of methoxy groups -OCH3 is 1. The molecule has 27 heavy (non-hydrogen) atoms. The van der Waals surface area contributed by atoms with Crippen LogP contribution in [0.2, 0.25) is 0 Å². The van der Waals surface area contributed by atoms with Crippen molar-refractivity contribution in [1.29, 1.82) is 0 Å². The monoisotopic (exact) mass is 377 g/mol. The number of piperidine rings is 1. The van der Waals surface area contributed by atoms with Crippen LogP contribution in [0.1, 0.15) is 31.7 Å². The van der Waals surface area contributed by atoms with E-state index in [4.69, 9.17) is 16.3 Å². The molecule has 0 spiro atoms. The Labute approximate surface area is 155 Å². The van der Waals surface area contributed by atoms with Gasteiger partial charge in [0, 0.05) is 19.1 Å². The normalized spacial score (nSPS) is 20.3. The Morgan fingerprint density at radius 3 is 2.67 bits per heavy atom. The third kappa shape index (κ3) is 2.77. The molecule has 1 atom stereocenters. The van der Waals surface area contributed by atoms with Crippen molar-refractivity contribution < 1.29 is 9.13 Å². The first-order valence-electron chi connectivity index (χ1n) is 9.25. The lowest BCUT2D eigenvalue weighted by Gasteiger charge is -2.35. The van der Waals surface area contributed by atoms with E-state index in [1.54, 1.807) is 0 Å². The molecule has 9 heteroatoms. The van der Waals surface area contributed by atoms with Gasteiger partial charge >= 0.3 is 5.69 Å². The summed E-state index contributed by atoms with van der Waals surface area (Å²) in [5, 5.41) is 0.0504. The molecule has 1 unspecified atom stereocenters. The Kier molecular flexibility index (Phi) is 4.33. The molecule has 2 heterocycles. The Bertz CT molecular complexity index is 1010. The van der Waals surface area contributed by atoms with Crippen molar-refractivity contribution in [1.82, 2.24) is 9.24 Å². The van der Waals surface area contributed by atoms with Gasteiger partial charge in [0.05, 0.1) is 12.5 Å². The van der Waals surface area contributed by atoms with Crippen LogP contribution in [-0.4, -0.2) is 36.0 Å². The molecule has 0 amide bonds. The number of benzene rings is 1. The van der Waals surface area contributed by atoms with Crippen LogP contribution in [0.5, 0.6) is 5.75 Å². The fourth-order valence-corrected chi connectivity index (χ4v) is 4.06. The van der Waals surface area contributed by atoms with Gasteiger partial charge in [-0.2, -0.15) is 4.68 Å². The number of nitrogens with zero attached hydrogens (tertiary/aromatic N) is 3. The fourth-order valence-electron chi connectivity index (χ4n) is 4.06. The van der Waals surface area contributed by atoms with Crippen LogP contribution in [0.4, 0.5) is 10.1 Å². The van der Waals surface area contributed by atoms with E-state index in [0.29, 0.717) is 29.8 Å². The summed E-state index contributed by atoms with van der Waals surface area (Å²) in [6.07, 6.45) is 3.50. The highest BCUT2D eigenvalue weighted by molar-refractivity contribution is 5.91. The number of hydrogen-bond acceptors (Lipinski definition) is 6. The van der Waals surface area contributed by atoms with Crippen LogP contribution in [-0.2, 0) is 0 Å². The smallest absolute Gasteiger partial charge is 0.350 e. The first-order chi connectivity index (χ1) is 13.0. The lowest BCUT2D eigenvalue weighted by molar-refractivity contribution is 0.394. The predicted molar refractivity (Wildman–Crippen MR) is 101 cm³/mol. The van der Waals surface area contributed by atoms with E-state index >= 15 is 4.39 Å². The largest absolute Gasteiger partial charge is 0.492 e. The molecule has 2 aromatic rings. The number of ether oxygens (including phenoxy) is 1. The second kappa shape index (κ2) is 6.56. The van der Waals surface area contributed by atoms with E-state index in [2.05, 4.69) is 0 Å². The SMILES string of the molecule is COc1c(N2CCCC(CN)C2)c(F)cc2c(=O)n(N)c(=O)n(C3CC3)c12. The molecule has 1 aliphatic carbocycles. The molecule has 2 fully saturated rings. The van der Waals surface area contributed by atoms with Crippen molar-refractivity contribution >= 4 is 16.6 Å². The predicted octanol–water partition coefficient (Wildman–Crippen LogP) is 0.535. The standard InChI is InChI=1S/C18H24FN5O3/c1-27-16-14-12(17(25)24(21)18(26)23(14)11-4-5-11)7-13(19)15(16)22-6-2-3-10(8-20)9-22/h7,10-11H,2-6,8-9,20-21H2,1H3. The molecule has 1 aliphatic heterocycles. The topological polar surface area (TPSA) is 109 Å². The van der Waals surface area contributed by atoms with Crippen molar-refractivity contribution in [2.75, 3.05) is 37.5 Å². The van der Waals surface area contributed by atoms with Crippen LogP contribution in [0.25, 0.3) is 10.9 Å². The van der Waals surface area contributed by atoms with Gasteiger partial charge in [0.1, 0.15) is 11.2 Å². The Balaban J connectivity index is 2.03. The summed E-state index contributed by atoms with van der Waals surface area (Å²) >= 11 is 0. The van der Waals surface area contributed by atoms with Gasteiger partial charge in [-0.05, 0) is 44.2 Å². The molecule has 1 aromatic carbocycles. The van der Waals surface area contributed by atoms with Crippen molar-refractivity contribution in [3.05, 3.63) is 32.7 Å². The molecule has 4 N–H and O–H groups in total. The minimum Gasteiger partial charge on any atom is -0.492 e. The minimum absolute atomic E-state index is 0.0504. The molecular weight excluding hydrogens is 353 g/mol. The van der Waals surface area contributed by atoms with Gasteiger partial charge in [0.2, 0.25) is 0 Å². The molecule has 4 rings (SSSR count). The summed E-state index contributed by atoms with van der Waals surface area (Å²) in [4.78, 5) is 27.1. The maximum atomic E-state index is 15.1. The average molecular weight is 377 g/mol. The van der Waals surface area contributed by atoms with Crippen LogP contribution in [0, 0.1) is 11.7 Å². The molecule has 1 saturated carbocycles. The lowest BCUT2D eigenvalue weighted by atomic mass is 9.97. The second-order valence-electron chi connectivity index (χ2n) is 7.39. The molecule has 2 aliphatic rings. The zero-order valence-electron chi connectivity index (χ0n) is 15.3. The third-order valence-corrected chi connectivity index (χ3v) is 5.57. The van der Waals surface area contributed by atoms with Crippen molar-refractivity contribution in [2.24, 2.45) is 11.7 Å².